The van der Waals surface area contributed by atoms with Crippen LogP contribution in [0.15, 0.2) is 24.3 Å². The maximum Gasteiger partial charge on any atom is 0.137 e. The fourth-order valence-corrected chi connectivity index (χ4v) is 2.36. The van der Waals surface area contributed by atoms with E-state index < -0.39 is 0 Å². The van der Waals surface area contributed by atoms with Crippen LogP contribution in [0.5, 0.6) is 5.75 Å². The lowest BCUT2D eigenvalue weighted by atomic mass is 10.0. The van der Waals surface area contributed by atoms with Crippen molar-refractivity contribution in [2.45, 2.75) is 32.2 Å². The Morgan fingerprint density at radius 2 is 2.11 bits per heavy atom. The van der Waals surface area contributed by atoms with Gasteiger partial charge < -0.3 is 9.53 Å². The molecule has 18 heavy (non-hydrogen) atoms. The molecule has 1 fully saturated rings. The van der Waals surface area contributed by atoms with E-state index in [4.69, 9.17) is 4.74 Å². The van der Waals surface area contributed by atoms with Gasteiger partial charge in [0.15, 0.2) is 0 Å². The van der Waals surface area contributed by atoms with E-state index in [2.05, 4.69) is 11.8 Å². The van der Waals surface area contributed by atoms with Crippen molar-refractivity contribution in [2.24, 2.45) is 0 Å². The van der Waals surface area contributed by atoms with Crippen molar-refractivity contribution >= 4 is 6.29 Å². The molecule has 1 aromatic rings. The van der Waals surface area contributed by atoms with Crippen molar-refractivity contribution < 1.29 is 9.53 Å². The topological polar surface area (TPSA) is 29.5 Å². The first-order valence-corrected chi connectivity index (χ1v) is 6.68. The number of ether oxygens (including phenoxy) is 1. The van der Waals surface area contributed by atoms with E-state index >= 15 is 0 Å². The molecule has 0 radical (unpaired) electrons. The first-order chi connectivity index (χ1) is 8.79. The van der Waals surface area contributed by atoms with Gasteiger partial charge in [0.1, 0.15) is 18.6 Å². The summed E-state index contributed by atoms with van der Waals surface area (Å²) in [5.74, 6) is 0.903. The Hall–Kier alpha value is -1.35. The number of hydrogen-bond acceptors (Lipinski definition) is 3. The smallest absolute Gasteiger partial charge is 0.137 e. The van der Waals surface area contributed by atoms with E-state index in [0.29, 0.717) is 6.61 Å². The van der Waals surface area contributed by atoms with Gasteiger partial charge in [-0.1, -0.05) is 24.1 Å². The first-order valence-electron chi connectivity index (χ1n) is 6.68. The summed E-state index contributed by atoms with van der Waals surface area (Å²) < 4.78 is 5.70. The molecule has 0 amide bonds. The number of piperidine rings is 1. The number of carbonyl (C=O) groups excluding carboxylic acids is 1. The summed E-state index contributed by atoms with van der Waals surface area (Å²) in [7, 11) is 0. The van der Waals surface area contributed by atoms with Gasteiger partial charge in [-0.25, -0.2) is 0 Å². The summed E-state index contributed by atoms with van der Waals surface area (Å²) in [5, 5.41) is 0. The average molecular weight is 247 g/mol. The summed E-state index contributed by atoms with van der Waals surface area (Å²) >= 11 is 0. The lowest BCUT2D eigenvalue weighted by molar-refractivity contribution is -0.113. The standard InChI is InChI=1S/C15H21NO2/c1-13-5-7-15(8-6-13)18-11-10-16-9-3-2-4-14(16)12-17/h5-8,12,14H,2-4,9-11H2,1H3. The van der Waals surface area contributed by atoms with Crippen LogP contribution >= 0.6 is 0 Å². The van der Waals surface area contributed by atoms with Crippen LogP contribution in [0.1, 0.15) is 24.8 Å². The van der Waals surface area contributed by atoms with Gasteiger partial charge in [0.2, 0.25) is 0 Å². The molecule has 0 saturated carbocycles. The lowest BCUT2D eigenvalue weighted by Crippen LogP contribution is -2.42. The largest absolute Gasteiger partial charge is 0.492 e. The molecule has 0 aromatic heterocycles. The number of aryl methyl sites for hydroxylation is 1. The van der Waals surface area contributed by atoms with Crippen LogP contribution < -0.4 is 4.74 Å². The van der Waals surface area contributed by atoms with Crippen molar-refractivity contribution in [3.63, 3.8) is 0 Å². The molecule has 1 unspecified atom stereocenters. The van der Waals surface area contributed by atoms with Gasteiger partial charge in [-0.15, -0.1) is 0 Å². The number of aldehydes is 1. The second-order valence-corrected chi connectivity index (χ2v) is 4.90. The molecule has 1 aromatic carbocycles. The number of nitrogens with zero attached hydrogens (tertiary/aromatic N) is 1. The Morgan fingerprint density at radius 3 is 2.83 bits per heavy atom. The molecule has 0 N–H and O–H groups in total. The molecule has 0 bridgehead atoms. The molecule has 0 aliphatic carbocycles. The minimum absolute atomic E-state index is 0.0976. The number of hydrogen-bond donors (Lipinski definition) is 0. The Bertz CT molecular complexity index is 375. The fourth-order valence-electron chi connectivity index (χ4n) is 2.36. The Balaban J connectivity index is 1.77. The van der Waals surface area contributed by atoms with Crippen LogP contribution in [0.4, 0.5) is 0 Å². The highest BCUT2D eigenvalue weighted by molar-refractivity contribution is 5.57. The lowest BCUT2D eigenvalue weighted by Gasteiger charge is -2.31. The highest BCUT2D eigenvalue weighted by Gasteiger charge is 2.21. The van der Waals surface area contributed by atoms with Crippen molar-refractivity contribution in [2.75, 3.05) is 19.7 Å². The third kappa shape index (κ3) is 3.57. The van der Waals surface area contributed by atoms with E-state index in [-0.39, 0.29) is 6.04 Å². The second kappa shape index (κ2) is 6.55. The Morgan fingerprint density at radius 1 is 1.33 bits per heavy atom. The summed E-state index contributed by atoms with van der Waals surface area (Å²) in [6, 6.07) is 8.17. The third-order valence-electron chi connectivity index (χ3n) is 3.49. The summed E-state index contributed by atoms with van der Waals surface area (Å²) in [6.07, 6.45) is 4.42. The predicted octanol–water partition coefficient (Wildman–Crippen LogP) is 2.43. The van der Waals surface area contributed by atoms with Crippen molar-refractivity contribution in [3.05, 3.63) is 29.8 Å². The van der Waals surface area contributed by atoms with Gasteiger partial charge in [-0.05, 0) is 38.4 Å². The predicted molar refractivity (Wildman–Crippen MR) is 72.0 cm³/mol. The molecule has 1 saturated heterocycles. The molecule has 1 aliphatic rings. The van der Waals surface area contributed by atoms with Gasteiger partial charge in [-0.2, -0.15) is 0 Å². The molecule has 3 heteroatoms. The van der Waals surface area contributed by atoms with Crippen molar-refractivity contribution in [1.29, 1.82) is 0 Å². The first kappa shape index (κ1) is 13.1. The molecular weight excluding hydrogens is 226 g/mol. The van der Waals surface area contributed by atoms with Crippen LogP contribution in [0.3, 0.4) is 0 Å². The van der Waals surface area contributed by atoms with Gasteiger partial charge in [0.05, 0.1) is 6.04 Å². The maximum atomic E-state index is 11.0. The van der Waals surface area contributed by atoms with Crippen LogP contribution in [-0.2, 0) is 4.79 Å². The molecule has 2 rings (SSSR count). The summed E-state index contributed by atoms with van der Waals surface area (Å²) in [4.78, 5) is 13.2. The number of likely N-dealkylation sites (tertiary alicyclic amines) is 1. The van der Waals surface area contributed by atoms with Gasteiger partial charge in [-0.3, -0.25) is 4.90 Å². The molecule has 1 aliphatic heterocycles. The summed E-state index contributed by atoms with van der Waals surface area (Å²) in [6.45, 7) is 4.55. The normalized spacial score (nSPS) is 20.6. The third-order valence-corrected chi connectivity index (χ3v) is 3.49. The molecule has 3 nitrogen and oxygen atoms in total. The highest BCUT2D eigenvalue weighted by atomic mass is 16.5. The number of benzene rings is 1. The van der Waals surface area contributed by atoms with Gasteiger partial charge in [0, 0.05) is 6.54 Å². The van der Waals surface area contributed by atoms with E-state index in [1.165, 1.54) is 18.4 Å². The zero-order valence-electron chi connectivity index (χ0n) is 11.0. The van der Waals surface area contributed by atoms with E-state index in [1.807, 2.05) is 24.3 Å². The molecule has 0 spiro atoms. The average Bonchev–Trinajstić information content (AvgIpc) is 2.41. The second-order valence-electron chi connectivity index (χ2n) is 4.90. The quantitative estimate of drug-likeness (QED) is 0.748. The maximum absolute atomic E-state index is 11.0. The molecule has 98 valence electrons. The molecule has 1 atom stereocenters. The Labute approximate surface area is 109 Å². The Kier molecular flexibility index (Phi) is 4.76. The summed E-state index contributed by atoms with van der Waals surface area (Å²) in [5.41, 5.74) is 1.24. The monoisotopic (exact) mass is 247 g/mol. The van der Waals surface area contributed by atoms with Gasteiger partial charge in [0.25, 0.3) is 0 Å². The fraction of sp³-hybridized carbons (Fsp3) is 0.533. The highest BCUT2D eigenvalue weighted by Crippen LogP contribution is 2.16. The van der Waals surface area contributed by atoms with Crippen LogP contribution in [0, 0.1) is 6.92 Å². The van der Waals surface area contributed by atoms with Crippen molar-refractivity contribution in [3.8, 4) is 5.75 Å². The van der Waals surface area contributed by atoms with Crippen LogP contribution in [-0.4, -0.2) is 36.9 Å². The number of carbonyl (C=O) groups is 1. The van der Waals surface area contributed by atoms with E-state index in [1.54, 1.807) is 0 Å². The zero-order valence-corrected chi connectivity index (χ0v) is 11.0. The van der Waals surface area contributed by atoms with E-state index in [9.17, 15) is 4.79 Å². The van der Waals surface area contributed by atoms with E-state index in [0.717, 1.165) is 31.5 Å². The number of rotatable bonds is 5. The van der Waals surface area contributed by atoms with Crippen LogP contribution in [0.25, 0.3) is 0 Å². The van der Waals surface area contributed by atoms with Crippen LogP contribution in [0.2, 0.25) is 0 Å². The minimum Gasteiger partial charge on any atom is -0.492 e. The SMILES string of the molecule is Cc1ccc(OCCN2CCCCC2C=O)cc1. The van der Waals surface area contributed by atoms with Crippen molar-refractivity contribution in [1.82, 2.24) is 4.90 Å². The minimum atomic E-state index is 0.0976. The van der Waals surface area contributed by atoms with Gasteiger partial charge >= 0.3 is 0 Å². The zero-order chi connectivity index (χ0) is 12.8. The molecular formula is C15H21NO2. The molecule has 1 heterocycles.